The minimum atomic E-state index is -0.936. The zero-order chi connectivity index (χ0) is 59.8. The summed E-state index contributed by atoms with van der Waals surface area (Å²) in [7, 11) is 4.66. The fraction of sp³-hybridized carbons (Fsp3) is 0.400. The third kappa shape index (κ3) is 11.5. The number of rotatable bonds is 22. The lowest BCUT2D eigenvalue weighted by molar-refractivity contribution is -0.140. The van der Waals surface area contributed by atoms with E-state index in [0.717, 1.165) is 34.4 Å². The Morgan fingerprint density at radius 1 is 0.647 bits per heavy atom. The summed E-state index contributed by atoms with van der Waals surface area (Å²) in [6.07, 6.45) is 12.9. The van der Waals surface area contributed by atoms with Crippen molar-refractivity contribution in [1.29, 1.82) is 0 Å². The lowest BCUT2D eigenvalue weighted by Crippen LogP contribution is -2.53. The van der Waals surface area contributed by atoms with Crippen LogP contribution in [-0.4, -0.2) is 134 Å². The number of aliphatic imine (C=N–C) groups is 2. The highest BCUT2D eigenvalue weighted by atomic mass is 16.5. The Kier molecular flexibility index (Phi) is 16.5. The van der Waals surface area contributed by atoms with E-state index in [4.69, 9.17) is 33.7 Å². The van der Waals surface area contributed by atoms with E-state index >= 15 is 0 Å². The molecule has 85 heavy (non-hydrogen) atoms. The number of nitrogens with one attached hydrogen (secondary N) is 3. The second kappa shape index (κ2) is 24.3. The Labute approximate surface area is 493 Å². The predicted octanol–water partition coefficient (Wildman–Crippen LogP) is 8.45. The van der Waals surface area contributed by atoms with Crippen molar-refractivity contribution in [3.63, 3.8) is 0 Å². The van der Waals surface area contributed by atoms with Gasteiger partial charge in [-0.25, -0.2) is 0 Å². The van der Waals surface area contributed by atoms with Crippen molar-refractivity contribution in [2.75, 3.05) is 46.4 Å². The van der Waals surface area contributed by atoms with Crippen molar-refractivity contribution in [2.24, 2.45) is 39.6 Å². The maximum atomic E-state index is 14.2. The number of ether oxygens (including phenoxy) is 5. The number of unbranched alkanes of at least 4 members (excludes halogenated alkanes) is 1. The van der Waals surface area contributed by atoms with Gasteiger partial charge in [0.15, 0.2) is 23.0 Å². The number of amides is 7. The number of fused-ring (bicyclic) bond motifs is 9. The van der Waals surface area contributed by atoms with Gasteiger partial charge in [0.1, 0.15) is 17.8 Å². The van der Waals surface area contributed by atoms with Gasteiger partial charge in [-0.1, -0.05) is 49.8 Å². The maximum Gasteiger partial charge on any atom is 0.260 e. The predicted molar refractivity (Wildman–Crippen MR) is 318 cm³/mol. The molecule has 0 spiro atoms. The van der Waals surface area contributed by atoms with Crippen molar-refractivity contribution in [3.8, 4) is 28.7 Å². The van der Waals surface area contributed by atoms with Gasteiger partial charge in [0.25, 0.3) is 11.8 Å². The van der Waals surface area contributed by atoms with E-state index in [1.807, 2.05) is 55.7 Å². The second-order valence-corrected chi connectivity index (χ2v) is 23.0. The first-order valence-electron chi connectivity index (χ1n) is 29.1. The molecule has 4 unspecified atom stereocenters. The highest BCUT2D eigenvalue weighted by Crippen LogP contribution is 2.55. The zero-order valence-corrected chi connectivity index (χ0v) is 48.7. The molecule has 11 rings (SSSR count). The average molecular weight is 1160 g/mol. The van der Waals surface area contributed by atoms with Gasteiger partial charge in [0.2, 0.25) is 29.5 Å². The van der Waals surface area contributed by atoms with Crippen LogP contribution >= 0.6 is 0 Å². The summed E-state index contributed by atoms with van der Waals surface area (Å²) in [6.45, 7) is 7.99. The summed E-state index contributed by atoms with van der Waals surface area (Å²) in [4.78, 5) is 108. The van der Waals surface area contributed by atoms with E-state index in [2.05, 4.69) is 22.0 Å². The molecule has 5 aliphatic heterocycles. The SMILES string of the molecule is COc1ccc(C2=CN3C(=O)c4cc(OC)c(OCCCOc5cc6c(cc5OC)C(=O)N5C=C(c7ccc(NC(=O)[C@H](C)NC(=O)[C@@H](NC(=O)CCCCN8C(=O)C9C%10C=C(C)C(C%10)C9C8=O)C(C)C)cc7)C[C@H]5C=N6)cc4N=C[C@@H]3C2)cc1. The molecular formula is C65H70N8O12. The van der Waals surface area contributed by atoms with Crippen molar-refractivity contribution in [2.45, 2.75) is 96.8 Å². The van der Waals surface area contributed by atoms with Crippen molar-refractivity contribution >= 4 is 82.0 Å². The second-order valence-electron chi connectivity index (χ2n) is 23.0. The molecule has 0 radical (unpaired) electrons. The maximum absolute atomic E-state index is 14.2. The normalized spacial score (nSPS) is 22.1. The number of allylic oxidation sites excluding steroid dienone is 2. The van der Waals surface area contributed by atoms with Crippen molar-refractivity contribution in [3.05, 3.63) is 119 Å². The first-order chi connectivity index (χ1) is 41.0. The van der Waals surface area contributed by atoms with Crippen LogP contribution < -0.4 is 39.6 Å². The molecule has 20 heteroatoms. The van der Waals surface area contributed by atoms with E-state index in [1.165, 1.54) is 24.7 Å². The minimum Gasteiger partial charge on any atom is -0.497 e. The largest absolute Gasteiger partial charge is 0.497 e. The fourth-order valence-electron chi connectivity index (χ4n) is 12.7. The van der Waals surface area contributed by atoms with E-state index in [-0.39, 0.29) is 97.4 Å². The highest BCUT2D eigenvalue weighted by molar-refractivity contribution is 6.08. The smallest absolute Gasteiger partial charge is 0.260 e. The van der Waals surface area contributed by atoms with Gasteiger partial charge in [-0.05, 0) is 110 Å². The number of carbonyl (C=O) groups excluding carboxylic acids is 7. The number of likely N-dealkylation sites (tertiary alicyclic amines) is 1. The molecule has 442 valence electrons. The third-order valence-electron chi connectivity index (χ3n) is 17.2. The summed E-state index contributed by atoms with van der Waals surface area (Å²) in [5.74, 6) is -0.0314. The molecule has 1 saturated carbocycles. The van der Waals surface area contributed by atoms with Crippen molar-refractivity contribution < 1.29 is 57.2 Å². The van der Waals surface area contributed by atoms with Gasteiger partial charge in [0.05, 0.1) is 81.0 Å². The molecule has 5 heterocycles. The van der Waals surface area contributed by atoms with E-state index in [1.54, 1.807) is 86.5 Å². The van der Waals surface area contributed by atoms with Crippen LogP contribution in [0, 0.1) is 29.6 Å². The first-order valence-corrected chi connectivity index (χ1v) is 29.1. The molecule has 2 aliphatic carbocycles. The molecule has 7 amide bonds. The number of methoxy groups -OCH3 is 3. The Hall–Kier alpha value is -9.07. The van der Waals surface area contributed by atoms with Crippen LogP contribution in [0.25, 0.3) is 11.1 Å². The number of hydrogen-bond acceptors (Lipinski definition) is 14. The van der Waals surface area contributed by atoms with Crippen LogP contribution in [0.5, 0.6) is 28.7 Å². The Morgan fingerprint density at radius 2 is 1.20 bits per heavy atom. The van der Waals surface area contributed by atoms with Gasteiger partial charge >= 0.3 is 0 Å². The lowest BCUT2D eigenvalue weighted by atomic mass is 9.82. The summed E-state index contributed by atoms with van der Waals surface area (Å²) in [5, 5.41) is 8.40. The van der Waals surface area contributed by atoms with Gasteiger partial charge in [-0.3, -0.25) is 48.4 Å². The molecule has 8 atom stereocenters. The third-order valence-corrected chi connectivity index (χ3v) is 17.2. The number of nitrogens with zero attached hydrogens (tertiary/aromatic N) is 5. The van der Waals surface area contributed by atoms with Gasteiger partial charge in [0, 0.05) is 74.9 Å². The minimum absolute atomic E-state index is 0.0940. The quantitative estimate of drug-likeness (QED) is 0.0382. The molecule has 0 aromatic heterocycles. The van der Waals surface area contributed by atoms with Crippen molar-refractivity contribution in [1.82, 2.24) is 25.3 Å². The van der Waals surface area contributed by atoms with Crippen LogP contribution in [0.1, 0.15) is 104 Å². The number of anilines is 1. The van der Waals surface area contributed by atoms with Crippen LogP contribution in [0.15, 0.2) is 107 Å². The Morgan fingerprint density at radius 3 is 1.74 bits per heavy atom. The molecule has 3 N–H and O–H groups in total. The van der Waals surface area contributed by atoms with Crippen LogP contribution in [0.2, 0.25) is 0 Å². The topological polar surface area (TPSA) is 236 Å². The van der Waals surface area contributed by atoms with Crippen LogP contribution in [0.4, 0.5) is 17.1 Å². The number of imide groups is 1. The molecular weight excluding hydrogens is 1080 g/mol. The monoisotopic (exact) mass is 1150 g/mol. The number of hydrogen-bond donors (Lipinski definition) is 3. The summed E-state index contributed by atoms with van der Waals surface area (Å²) in [5.41, 5.74) is 7.15. The molecule has 4 aromatic carbocycles. The van der Waals surface area contributed by atoms with E-state index in [0.29, 0.717) is 83.3 Å². The fourth-order valence-corrected chi connectivity index (χ4v) is 12.7. The first kappa shape index (κ1) is 57.7. The summed E-state index contributed by atoms with van der Waals surface area (Å²) >= 11 is 0. The molecule has 4 aromatic rings. The molecule has 20 nitrogen and oxygen atoms in total. The summed E-state index contributed by atoms with van der Waals surface area (Å²) < 4.78 is 29.0. The van der Waals surface area contributed by atoms with E-state index < -0.39 is 23.9 Å². The van der Waals surface area contributed by atoms with Gasteiger partial charge < -0.3 is 49.4 Å². The summed E-state index contributed by atoms with van der Waals surface area (Å²) in [6, 6.07) is 19.2. The van der Waals surface area contributed by atoms with Crippen LogP contribution in [-0.2, 0) is 24.0 Å². The van der Waals surface area contributed by atoms with Gasteiger partial charge in [-0.15, -0.1) is 0 Å². The Bertz CT molecular complexity index is 3510. The molecule has 2 fully saturated rings. The lowest BCUT2D eigenvalue weighted by Gasteiger charge is -2.24. The standard InChI is InChI=1S/C65H70N8O12/c1-35(2)59(70-56(74)11-8-9-20-71-64(79)57-40-23-36(3)47(26-40)58(57)65(71)80)61(76)68-37(4)60(75)69-43-16-12-38(13-17-43)41-24-44-31-66-50-29-54(52(82-6)27-48(50)62(77)72(44)33-41)84-21-10-22-85-55-30-51-49(28-53(55)83-7)63(78)73-34-42(25-45(73)32-67-51)39-14-18-46(81-5)19-15-39/h12-19,23,27-35,37,40,44-45,47,57-59H,8-11,20-22,24-26H2,1-7H3,(H,68,76)(H,69,75)(H,70,74)/t37-,40?,44-,45-,47?,57?,58?,59-/m0/s1. The molecule has 2 bridgehead atoms. The van der Waals surface area contributed by atoms with Crippen LogP contribution in [0.3, 0.4) is 0 Å². The average Bonchev–Trinajstić information content (AvgIpc) is 1.69. The number of benzene rings is 4. The van der Waals surface area contributed by atoms with E-state index in [9.17, 15) is 33.6 Å². The molecule has 7 aliphatic rings. The highest BCUT2D eigenvalue weighted by Gasteiger charge is 2.60. The molecule has 1 saturated heterocycles. The Balaban J connectivity index is 0.633. The zero-order valence-electron chi connectivity index (χ0n) is 48.7. The van der Waals surface area contributed by atoms with Gasteiger partial charge in [-0.2, -0.15) is 0 Å². The number of carbonyl (C=O) groups is 7.